The number of nitrogens with zero attached hydrogens (tertiary/aromatic N) is 4. The first kappa shape index (κ1) is 21.5. The molecule has 4 heterocycles. The van der Waals surface area contributed by atoms with Crippen LogP contribution in [0.3, 0.4) is 0 Å². The van der Waals surface area contributed by atoms with Crippen molar-refractivity contribution in [3.05, 3.63) is 54.1 Å². The van der Waals surface area contributed by atoms with Gasteiger partial charge in [0.15, 0.2) is 0 Å². The van der Waals surface area contributed by atoms with E-state index in [1.54, 1.807) is 11.8 Å². The summed E-state index contributed by atoms with van der Waals surface area (Å²) in [6.45, 7) is 0. The van der Waals surface area contributed by atoms with Crippen LogP contribution in [0.5, 0.6) is 0 Å². The minimum absolute atomic E-state index is 0.0437. The number of aliphatic hydroxyl groups excluding tert-OH is 2. The Morgan fingerprint density at radius 3 is 2.91 bits per heavy atom. The molecule has 2 aliphatic rings. The summed E-state index contributed by atoms with van der Waals surface area (Å²) >= 11 is 1.56. The molecule has 3 aromatic heterocycles. The number of rotatable bonds is 4. The van der Waals surface area contributed by atoms with Gasteiger partial charge in [-0.2, -0.15) is 0 Å². The zero-order chi connectivity index (χ0) is 23.4. The van der Waals surface area contributed by atoms with Gasteiger partial charge in [-0.3, -0.25) is 9.78 Å². The van der Waals surface area contributed by atoms with Crippen LogP contribution in [0.4, 0.5) is 5.82 Å². The minimum Gasteiger partial charge on any atom is -0.390 e. The predicted octanol–water partition coefficient (Wildman–Crippen LogP) is 2.69. The number of nitrogens with two attached hydrogens (primary N) is 1. The number of fused-ring (bicyclic) bond motifs is 3. The summed E-state index contributed by atoms with van der Waals surface area (Å²) in [6, 6.07) is 9.96. The van der Waals surface area contributed by atoms with E-state index >= 15 is 0 Å². The molecule has 1 aromatic carbocycles. The van der Waals surface area contributed by atoms with Gasteiger partial charge in [0.2, 0.25) is 0 Å². The number of ketones is 1. The molecule has 0 unspecified atom stereocenters. The van der Waals surface area contributed by atoms with Crippen LogP contribution >= 0.6 is 11.8 Å². The summed E-state index contributed by atoms with van der Waals surface area (Å²) in [5, 5.41) is 23.4. The van der Waals surface area contributed by atoms with Crippen LogP contribution in [0.25, 0.3) is 21.9 Å². The molecule has 174 valence electrons. The fraction of sp³-hybridized carbons (Fsp3) is 0.360. The van der Waals surface area contributed by atoms with Crippen molar-refractivity contribution in [2.45, 2.75) is 48.8 Å². The number of thioether (sulfide) groups is 1. The van der Waals surface area contributed by atoms with Crippen molar-refractivity contribution in [2.24, 2.45) is 5.92 Å². The highest BCUT2D eigenvalue weighted by atomic mass is 32.2. The number of pyridine rings is 1. The van der Waals surface area contributed by atoms with Gasteiger partial charge in [0, 0.05) is 16.5 Å². The quantitative estimate of drug-likeness (QED) is 0.411. The lowest BCUT2D eigenvalue weighted by atomic mass is 9.95. The second kappa shape index (κ2) is 8.33. The third kappa shape index (κ3) is 3.64. The molecule has 34 heavy (non-hydrogen) atoms. The first-order valence-corrected chi connectivity index (χ1v) is 12.5. The van der Waals surface area contributed by atoms with Gasteiger partial charge in [-0.25, -0.2) is 9.97 Å². The van der Waals surface area contributed by atoms with Crippen molar-refractivity contribution in [2.75, 3.05) is 11.5 Å². The Kier molecular flexibility index (Phi) is 5.28. The second-order valence-electron chi connectivity index (χ2n) is 9.27. The first-order valence-electron chi connectivity index (χ1n) is 11.5. The van der Waals surface area contributed by atoms with Crippen LogP contribution in [0.1, 0.15) is 30.1 Å². The lowest BCUT2D eigenvalue weighted by Crippen LogP contribution is -2.29. The maximum atomic E-state index is 11.8. The Labute approximate surface area is 200 Å². The maximum absolute atomic E-state index is 11.8. The first-order chi connectivity index (χ1) is 16.5. The van der Waals surface area contributed by atoms with Crippen molar-refractivity contribution < 1.29 is 15.0 Å². The summed E-state index contributed by atoms with van der Waals surface area (Å²) in [5.41, 5.74) is 9.52. The zero-order valence-electron chi connectivity index (χ0n) is 18.5. The Morgan fingerprint density at radius 2 is 2.03 bits per heavy atom. The number of benzene rings is 1. The number of hydrogen-bond donors (Lipinski definition) is 3. The predicted molar refractivity (Wildman–Crippen MR) is 131 cm³/mol. The van der Waals surface area contributed by atoms with Gasteiger partial charge in [0.05, 0.1) is 40.9 Å². The fourth-order valence-corrected chi connectivity index (χ4v) is 6.22. The van der Waals surface area contributed by atoms with Gasteiger partial charge < -0.3 is 20.5 Å². The molecule has 6 rings (SSSR count). The van der Waals surface area contributed by atoms with E-state index in [2.05, 4.69) is 34.2 Å². The Hall–Kier alpha value is -3.01. The van der Waals surface area contributed by atoms with Crippen molar-refractivity contribution in [1.82, 2.24) is 19.5 Å². The molecule has 0 spiro atoms. The number of nitrogen functional groups attached to an aromatic ring is 1. The highest BCUT2D eigenvalue weighted by molar-refractivity contribution is 8.00. The summed E-state index contributed by atoms with van der Waals surface area (Å²) < 4.78 is 1.91. The van der Waals surface area contributed by atoms with E-state index in [9.17, 15) is 15.0 Å². The second-order valence-corrected chi connectivity index (χ2v) is 10.3. The van der Waals surface area contributed by atoms with Gasteiger partial charge in [-0.1, -0.05) is 12.1 Å². The number of anilines is 1. The molecule has 1 aliphatic heterocycles. The van der Waals surface area contributed by atoms with Crippen LogP contribution in [-0.2, 0) is 17.6 Å². The molecule has 1 saturated carbocycles. The van der Waals surface area contributed by atoms with Gasteiger partial charge in [-0.15, -0.1) is 11.8 Å². The largest absolute Gasteiger partial charge is 0.390 e. The molecule has 4 N–H and O–H groups in total. The summed E-state index contributed by atoms with van der Waals surface area (Å²) in [7, 11) is 0. The number of aliphatic hydroxyl groups is 2. The van der Waals surface area contributed by atoms with E-state index < -0.39 is 12.2 Å². The molecule has 4 atom stereocenters. The fourth-order valence-electron chi connectivity index (χ4n) is 5.31. The van der Waals surface area contributed by atoms with E-state index in [-0.39, 0.29) is 17.7 Å². The molecular formula is C25H25N5O3S. The molecule has 4 aromatic rings. The third-order valence-electron chi connectivity index (χ3n) is 7.15. The number of carbonyl (C=O) groups is 1. The van der Waals surface area contributed by atoms with Crippen molar-refractivity contribution in [1.29, 1.82) is 0 Å². The minimum atomic E-state index is -0.878. The van der Waals surface area contributed by atoms with Crippen molar-refractivity contribution in [3.8, 4) is 0 Å². The average molecular weight is 476 g/mol. The normalized spacial score (nSPS) is 24.7. The van der Waals surface area contributed by atoms with Gasteiger partial charge in [-0.05, 0) is 48.9 Å². The topological polar surface area (TPSA) is 127 Å². The van der Waals surface area contributed by atoms with E-state index in [0.29, 0.717) is 30.1 Å². The number of aryl methyl sites for hydroxylation is 1. The zero-order valence-corrected chi connectivity index (χ0v) is 19.3. The van der Waals surface area contributed by atoms with Crippen LogP contribution in [-0.4, -0.2) is 53.5 Å². The standard InChI is InChI=1S/C25H25N5O3S/c26-24-17-5-6-30(25(17)28-12-27-24)20-8-15(22(32)23(20)33)4-2-13-1-3-14-9-21-19(29-18(14)7-13)10-16(31)11-34-21/h1,3,5-7,9,12,15,20,22-23,32-33H,2,4,8,10-11H2,(H2,26,27,28)/t15-,20+,22+,23-/m0/s1. The maximum Gasteiger partial charge on any atom is 0.149 e. The summed E-state index contributed by atoms with van der Waals surface area (Å²) in [5.74, 6) is 1.10. The molecule has 0 amide bonds. The van der Waals surface area contributed by atoms with E-state index in [1.807, 2.05) is 16.8 Å². The smallest absolute Gasteiger partial charge is 0.149 e. The molecular weight excluding hydrogens is 450 g/mol. The lowest BCUT2D eigenvalue weighted by molar-refractivity contribution is -0.116. The van der Waals surface area contributed by atoms with E-state index in [0.717, 1.165) is 45.3 Å². The summed E-state index contributed by atoms with van der Waals surface area (Å²) in [6.07, 6.45) is 4.16. The van der Waals surface area contributed by atoms with Gasteiger partial charge in [0.25, 0.3) is 0 Å². The monoisotopic (exact) mass is 475 g/mol. The SMILES string of the molecule is Nc1ncnc2c1ccn2[C@@H]1C[C@H](CCc2ccc3cc4c(nc3c2)CC(=O)CS4)[C@@H](O)[C@H]1O. The lowest BCUT2D eigenvalue weighted by Gasteiger charge is -2.19. The van der Waals surface area contributed by atoms with Crippen LogP contribution in [0, 0.1) is 5.92 Å². The number of hydrogen-bond acceptors (Lipinski definition) is 8. The molecule has 9 heteroatoms. The highest BCUT2D eigenvalue weighted by Crippen LogP contribution is 2.40. The Morgan fingerprint density at radius 1 is 1.15 bits per heavy atom. The Bertz CT molecular complexity index is 1420. The number of aromatic nitrogens is 4. The molecule has 8 nitrogen and oxygen atoms in total. The van der Waals surface area contributed by atoms with E-state index in [1.165, 1.54) is 6.33 Å². The molecule has 1 fully saturated rings. The average Bonchev–Trinajstić information content (AvgIpc) is 3.38. The summed E-state index contributed by atoms with van der Waals surface area (Å²) in [4.78, 5) is 26.0. The Balaban J connectivity index is 1.20. The molecule has 0 bridgehead atoms. The van der Waals surface area contributed by atoms with Crippen molar-refractivity contribution in [3.63, 3.8) is 0 Å². The van der Waals surface area contributed by atoms with Crippen LogP contribution in [0.15, 0.2) is 47.8 Å². The molecule has 1 aliphatic carbocycles. The molecule has 0 radical (unpaired) electrons. The van der Waals surface area contributed by atoms with Gasteiger partial charge in [0.1, 0.15) is 29.7 Å². The molecule has 0 saturated heterocycles. The van der Waals surface area contributed by atoms with Crippen LogP contribution in [0.2, 0.25) is 0 Å². The third-order valence-corrected chi connectivity index (χ3v) is 8.28. The van der Waals surface area contributed by atoms with E-state index in [4.69, 9.17) is 10.7 Å². The highest BCUT2D eigenvalue weighted by Gasteiger charge is 2.42. The number of Topliss-reactive ketones (excluding diaryl/α,β-unsaturated/α-hetero) is 1. The van der Waals surface area contributed by atoms with Crippen molar-refractivity contribution >= 4 is 45.3 Å². The number of carbonyl (C=O) groups excluding carboxylic acids is 1. The van der Waals surface area contributed by atoms with Crippen LogP contribution < -0.4 is 5.73 Å². The van der Waals surface area contributed by atoms with Gasteiger partial charge >= 0.3 is 0 Å².